The number of para-hydroxylation sites is 1. The summed E-state index contributed by atoms with van der Waals surface area (Å²) < 4.78 is 17.6. The van der Waals surface area contributed by atoms with Crippen LogP contribution in [0.3, 0.4) is 0 Å². The van der Waals surface area contributed by atoms with Crippen LogP contribution in [0.2, 0.25) is 0 Å². The van der Waals surface area contributed by atoms with E-state index in [1.54, 1.807) is 6.92 Å². The highest BCUT2D eigenvalue weighted by molar-refractivity contribution is 6.13. The van der Waals surface area contributed by atoms with Gasteiger partial charge in [0.25, 0.3) is 0 Å². The van der Waals surface area contributed by atoms with Crippen molar-refractivity contribution < 1.29 is 19.3 Å². The molecule has 2 aromatic carbocycles. The van der Waals surface area contributed by atoms with E-state index in [2.05, 4.69) is 16.4 Å². The monoisotopic (exact) mass is 352 g/mol. The number of benzene rings is 2. The first-order valence-electron chi connectivity index (χ1n) is 8.85. The van der Waals surface area contributed by atoms with Gasteiger partial charge < -0.3 is 24.6 Å². The van der Waals surface area contributed by atoms with Crippen LogP contribution in [0.4, 0.5) is 5.69 Å². The molecular weight excluding hydrogens is 332 g/mol. The van der Waals surface area contributed by atoms with Crippen LogP contribution in [0.1, 0.15) is 18.1 Å². The number of anilines is 1. The predicted molar refractivity (Wildman–Crippen MR) is 97.8 cm³/mol. The van der Waals surface area contributed by atoms with Crippen molar-refractivity contribution in [3.05, 3.63) is 47.5 Å². The number of hydrogen-bond acceptors (Lipinski definition) is 5. The second kappa shape index (κ2) is 5.64. The summed E-state index contributed by atoms with van der Waals surface area (Å²) in [6.07, 6.45) is -0.507. The highest BCUT2D eigenvalue weighted by atomic mass is 16.6. The van der Waals surface area contributed by atoms with Gasteiger partial charge in [0.15, 0.2) is 11.5 Å². The van der Waals surface area contributed by atoms with Gasteiger partial charge in [0.2, 0.25) is 0 Å². The van der Waals surface area contributed by atoms with Crippen LogP contribution in [0.15, 0.2) is 41.4 Å². The number of hydrogen-bond donors (Lipinski definition) is 2. The molecule has 6 heteroatoms. The molecule has 0 radical (unpaired) electrons. The number of nitrogens with zero attached hydrogens (tertiary/aromatic N) is 1. The predicted octanol–water partition coefficient (Wildman–Crippen LogP) is 2.34. The molecule has 6 nitrogen and oxygen atoms in total. The van der Waals surface area contributed by atoms with Crippen molar-refractivity contribution in [2.45, 2.75) is 18.4 Å². The van der Waals surface area contributed by atoms with Crippen LogP contribution in [0.25, 0.3) is 0 Å². The van der Waals surface area contributed by atoms with Crippen LogP contribution >= 0.6 is 0 Å². The number of ether oxygens (including phenoxy) is 3. The minimum atomic E-state index is -0.517. The van der Waals surface area contributed by atoms with Gasteiger partial charge in [-0.1, -0.05) is 18.2 Å². The maximum absolute atomic E-state index is 9.71. The second-order valence-electron chi connectivity index (χ2n) is 6.89. The molecular formula is C20H20N2O4. The molecule has 134 valence electrons. The SMILES string of the molecule is CC(O)CN=C1Nc2ccccc2C12COc1cc3c(cc12)OCCO3. The van der Waals surface area contributed by atoms with Crippen LogP contribution in [0, 0.1) is 0 Å². The molecule has 0 aliphatic carbocycles. The van der Waals surface area contributed by atoms with E-state index >= 15 is 0 Å². The first-order chi connectivity index (χ1) is 12.7. The molecule has 0 aromatic heterocycles. The van der Waals surface area contributed by atoms with E-state index in [1.165, 1.54) is 0 Å². The Kier molecular flexibility index (Phi) is 3.37. The van der Waals surface area contributed by atoms with Gasteiger partial charge >= 0.3 is 0 Å². The van der Waals surface area contributed by atoms with Gasteiger partial charge in [-0.3, -0.25) is 4.99 Å². The third-order valence-electron chi connectivity index (χ3n) is 5.11. The van der Waals surface area contributed by atoms with Crippen molar-refractivity contribution >= 4 is 11.5 Å². The molecule has 0 fully saturated rings. The first kappa shape index (κ1) is 15.5. The van der Waals surface area contributed by atoms with E-state index in [0.717, 1.165) is 34.1 Å². The van der Waals surface area contributed by atoms with Crippen molar-refractivity contribution in [3.63, 3.8) is 0 Å². The molecule has 0 bridgehead atoms. The van der Waals surface area contributed by atoms with Gasteiger partial charge in [-0.15, -0.1) is 0 Å². The Hall–Kier alpha value is -2.73. The molecule has 3 aliphatic heterocycles. The molecule has 0 saturated carbocycles. The van der Waals surface area contributed by atoms with Crippen molar-refractivity contribution in [1.29, 1.82) is 0 Å². The van der Waals surface area contributed by atoms with E-state index in [1.807, 2.05) is 30.3 Å². The fourth-order valence-corrected chi connectivity index (χ4v) is 3.93. The van der Waals surface area contributed by atoms with Gasteiger partial charge in [-0.05, 0) is 24.6 Å². The summed E-state index contributed by atoms with van der Waals surface area (Å²) in [4.78, 5) is 4.69. The lowest BCUT2D eigenvalue weighted by atomic mass is 9.76. The molecule has 1 spiro atoms. The Balaban J connectivity index is 1.70. The van der Waals surface area contributed by atoms with E-state index < -0.39 is 11.5 Å². The Labute approximate surface area is 151 Å². The van der Waals surface area contributed by atoms with E-state index in [0.29, 0.717) is 32.1 Å². The number of aliphatic hydroxyl groups excluding tert-OH is 1. The van der Waals surface area contributed by atoms with Gasteiger partial charge in [-0.2, -0.15) is 0 Å². The Morgan fingerprint density at radius 2 is 1.85 bits per heavy atom. The summed E-state index contributed by atoms with van der Waals surface area (Å²) in [7, 11) is 0. The quantitative estimate of drug-likeness (QED) is 0.868. The van der Waals surface area contributed by atoms with E-state index in [-0.39, 0.29) is 0 Å². The fraction of sp³-hybridized carbons (Fsp3) is 0.350. The number of fused-ring (bicyclic) bond motifs is 5. The normalized spacial score (nSPS) is 24.8. The zero-order valence-electron chi connectivity index (χ0n) is 14.5. The summed E-state index contributed by atoms with van der Waals surface area (Å²) in [6, 6.07) is 12.1. The minimum absolute atomic E-state index is 0.331. The maximum Gasteiger partial charge on any atom is 0.165 e. The summed E-state index contributed by atoms with van der Waals surface area (Å²) in [6.45, 7) is 3.60. The second-order valence-corrected chi connectivity index (χ2v) is 6.89. The zero-order valence-corrected chi connectivity index (χ0v) is 14.5. The Morgan fingerprint density at radius 3 is 2.65 bits per heavy atom. The first-order valence-corrected chi connectivity index (χ1v) is 8.85. The molecule has 5 rings (SSSR count). The Morgan fingerprint density at radius 1 is 1.08 bits per heavy atom. The summed E-state index contributed by atoms with van der Waals surface area (Å²) >= 11 is 0. The van der Waals surface area contributed by atoms with Crippen LogP contribution in [0.5, 0.6) is 17.2 Å². The number of aliphatic imine (C=N–C) groups is 1. The highest BCUT2D eigenvalue weighted by Gasteiger charge is 2.52. The topological polar surface area (TPSA) is 72.3 Å². The van der Waals surface area contributed by atoms with Crippen molar-refractivity contribution in [3.8, 4) is 17.2 Å². The minimum Gasteiger partial charge on any atom is -0.491 e. The number of rotatable bonds is 2. The molecule has 2 N–H and O–H groups in total. The summed E-state index contributed by atoms with van der Waals surface area (Å²) in [5.41, 5.74) is 2.64. The van der Waals surface area contributed by atoms with Crippen LogP contribution in [-0.4, -0.2) is 43.4 Å². The molecule has 2 atom stereocenters. The standard InChI is InChI=1S/C20H20N2O4/c1-12(23)10-21-19-20(13-4-2-3-5-15(13)22-19)11-26-16-9-18-17(8-14(16)20)24-6-7-25-18/h2-5,8-9,12,23H,6-7,10-11H2,1H3,(H,21,22). The van der Waals surface area contributed by atoms with Gasteiger partial charge in [0.1, 0.15) is 36.8 Å². The van der Waals surface area contributed by atoms with Gasteiger partial charge in [-0.25, -0.2) is 0 Å². The maximum atomic E-state index is 9.71. The lowest BCUT2D eigenvalue weighted by molar-refractivity contribution is 0.171. The average molecular weight is 352 g/mol. The van der Waals surface area contributed by atoms with Crippen molar-refractivity contribution in [2.24, 2.45) is 4.99 Å². The number of amidine groups is 1. The zero-order chi connectivity index (χ0) is 17.7. The largest absolute Gasteiger partial charge is 0.491 e. The van der Waals surface area contributed by atoms with Crippen LogP contribution < -0.4 is 19.5 Å². The van der Waals surface area contributed by atoms with Gasteiger partial charge in [0.05, 0.1) is 12.6 Å². The molecule has 2 unspecified atom stereocenters. The molecule has 3 heterocycles. The van der Waals surface area contributed by atoms with E-state index in [4.69, 9.17) is 14.2 Å². The third kappa shape index (κ3) is 2.12. The molecule has 3 aliphatic rings. The highest BCUT2D eigenvalue weighted by Crippen LogP contribution is 2.53. The lowest BCUT2D eigenvalue weighted by Gasteiger charge is -2.25. The lowest BCUT2D eigenvalue weighted by Crippen LogP contribution is -2.38. The van der Waals surface area contributed by atoms with Gasteiger partial charge in [0, 0.05) is 17.3 Å². The number of nitrogens with one attached hydrogen (secondary N) is 1. The smallest absolute Gasteiger partial charge is 0.165 e. The van der Waals surface area contributed by atoms with Crippen molar-refractivity contribution in [1.82, 2.24) is 0 Å². The van der Waals surface area contributed by atoms with Crippen molar-refractivity contribution in [2.75, 3.05) is 31.7 Å². The molecule has 0 amide bonds. The average Bonchev–Trinajstić information content (AvgIpc) is 3.18. The Bertz CT molecular complexity index is 909. The fourth-order valence-electron chi connectivity index (χ4n) is 3.93. The molecule has 0 saturated heterocycles. The summed E-state index contributed by atoms with van der Waals surface area (Å²) in [5.74, 6) is 3.04. The molecule has 2 aromatic rings. The summed E-state index contributed by atoms with van der Waals surface area (Å²) in [5, 5.41) is 13.1. The van der Waals surface area contributed by atoms with E-state index in [9.17, 15) is 5.11 Å². The van der Waals surface area contributed by atoms with Crippen LogP contribution in [-0.2, 0) is 5.41 Å². The number of aliphatic hydroxyl groups is 1. The third-order valence-corrected chi connectivity index (χ3v) is 5.11. The molecule has 26 heavy (non-hydrogen) atoms.